The quantitative estimate of drug-likeness (QED) is 0.887. The highest BCUT2D eigenvalue weighted by atomic mass is 19.1. The van der Waals surface area contributed by atoms with E-state index in [0.29, 0.717) is 23.1 Å². The number of hydrogen-bond acceptors (Lipinski definition) is 5. The Bertz CT molecular complexity index is 589. The first-order valence-corrected chi connectivity index (χ1v) is 5.75. The van der Waals surface area contributed by atoms with Crippen molar-refractivity contribution in [2.75, 3.05) is 24.8 Å². The molecule has 0 saturated heterocycles. The predicted molar refractivity (Wildman–Crippen MR) is 72.6 cm³/mol. The SMILES string of the molecule is CNc1ncnc(Nc2cc(C)ccc2F)c1OC. The van der Waals surface area contributed by atoms with Crippen LogP contribution in [0.4, 0.5) is 21.7 Å². The van der Waals surface area contributed by atoms with Crippen molar-refractivity contribution in [2.24, 2.45) is 0 Å². The van der Waals surface area contributed by atoms with Gasteiger partial charge in [0.25, 0.3) is 0 Å². The van der Waals surface area contributed by atoms with Gasteiger partial charge >= 0.3 is 0 Å². The van der Waals surface area contributed by atoms with E-state index < -0.39 is 0 Å². The Balaban J connectivity index is 2.40. The van der Waals surface area contributed by atoms with Crippen LogP contribution in [0.5, 0.6) is 5.75 Å². The van der Waals surface area contributed by atoms with Crippen molar-refractivity contribution in [3.63, 3.8) is 0 Å². The number of methoxy groups -OCH3 is 1. The van der Waals surface area contributed by atoms with Crippen molar-refractivity contribution in [2.45, 2.75) is 6.92 Å². The second-order valence-corrected chi connectivity index (χ2v) is 3.96. The highest BCUT2D eigenvalue weighted by Gasteiger charge is 2.12. The number of ether oxygens (including phenoxy) is 1. The summed E-state index contributed by atoms with van der Waals surface area (Å²) in [6.45, 7) is 1.89. The van der Waals surface area contributed by atoms with E-state index in [0.717, 1.165) is 5.56 Å². The molecule has 2 rings (SSSR count). The second kappa shape index (κ2) is 5.51. The van der Waals surface area contributed by atoms with Crippen LogP contribution < -0.4 is 15.4 Å². The largest absolute Gasteiger partial charge is 0.490 e. The van der Waals surface area contributed by atoms with E-state index >= 15 is 0 Å². The number of halogens is 1. The van der Waals surface area contributed by atoms with Gasteiger partial charge in [-0.2, -0.15) is 0 Å². The van der Waals surface area contributed by atoms with E-state index in [1.165, 1.54) is 19.5 Å². The predicted octanol–water partition coefficient (Wildman–Crippen LogP) is 2.72. The van der Waals surface area contributed by atoms with Crippen LogP contribution in [0.25, 0.3) is 0 Å². The maximum absolute atomic E-state index is 13.7. The van der Waals surface area contributed by atoms with Crippen LogP contribution in [0.3, 0.4) is 0 Å². The van der Waals surface area contributed by atoms with Gasteiger partial charge in [-0.3, -0.25) is 0 Å². The third-order valence-electron chi connectivity index (χ3n) is 2.62. The maximum Gasteiger partial charge on any atom is 0.204 e. The highest BCUT2D eigenvalue weighted by molar-refractivity contribution is 5.69. The molecule has 6 heteroatoms. The lowest BCUT2D eigenvalue weighted by molar-refractivity contribution is 0.415. The summed E-state index contributed by atoms with van der Waals surface area (Å²) in [7, 11) is 3.24. The first-order chi connectivity index (χ1) is 9.15. The molecule has 0 aliphatic heterocycles. The molecule has 0 amide bonds. The summed E-state index contributed by atoms with van der Waals surface area (Å²) >= 11 is 0. The molecule has 100 valence electrons. The van der Waals surface area contributed by atoms with Crippen molar-refractivity contribution < 1.29 is 9.13 Å². The van der Waals surface area contributed by atoms with Crippen LogP contribution in [-0.2, 0) is 0 Å². The van der Waals surface area contributed by atoms with E-state index in [9.17, 15) is 4.39 Å². The molecule has 2 N–H and O–H groups in total. The molecule has 0 aliphatic rings. The van der Waals surface area contributed by atoms with Crippen molar-refractivity contribution >= 4 is 17.3 Å². The van der Waals surface area contributed by atoms with Gasteiger partial charge in [0.2, 0.25) is 5.75 Å². The van der Waals surface area contributed by atoms with Crippen LogP contribution in [-0.4, -0.2) is 24.1 Å². The number of nitrogens with zero attached hydrogens (tertiary/aromatic N) is 2. The van der Waals surface area contributed by atoms with Crippen LogP contribution in [0.2, 0.25) is 0 Å². The van der Waals surface area contributed by atoms with Gasteiger partial charge in [-0.05, 0) is 24.6 Å². The molecule has 19 heavy (non-hydrogen) atoms. The van der Waals surface area contributed by atoms with E-state index in [2.05, 4.69) is 20.6 Å². The maximum atomic E-state index is 13.7. The summed E-state index contributed by atoms with van der Waals surface area (Å²) < 4.78 is 18.9. The van der Waals surface area contributed by atoms with Crippen molar-refractivity contribution in [1.82, 2.24) is 9.97 Å². The summed E-state index contributed by atoms with van der Waals surface area (Å²) in [6.07, 6.45) is 1.38. The lowest BCUT2D eigenvalue weighted by Crippen LogP contribution is -2.04. The Morgan fingerprint density at radius 3 is 2.63 bits per heavy atom. The lowest BCUT2D eigenvalue weighted by Gasteiger charge is -2.13. The number of rotatable bonds is 4. The average molecular weight is 262 g/mol. The van der Waals surface area contributed by atoms with E-state index in [4.69, 9.17) is 4.74 Å². The smallest absolute Gasteiger partial charge is 0.204 e. The molecule has 5 nitrogen and oxygen atoms in total. The molecule has 2 aromatic rings. The zero-order valence-corrected chi connectivity index (χ0v) is 11.0. The number of benzene rings is 1. The molecule has 0 saturated carbocycles. The van der Waals surface area contributed by atoms with Crippen LogP contribution in [0.15, 0.2) is 24.5 Å². The monoisotopic (exact) mass is 262 g/mol. The molecule has 0 bridgehead atoms. The van der Waals surface area contributed by atoms with Gasteiger partial charge in [0, 0.05) is 7.05 Å². The number of hydrogen-bond donors (Lipinski definition) is 2. The van der Waals surface area contributed by atoms with Crippen molar-refractivity contribution in [3.8, 4) is 5.75 Å². The Labute approximate surface area is 110 Å². The minimum absolute atomic E-state index is 0.346. The third kappa shape index (κ3) is 2.73. The van der Waals surface area contributed by atoms with Gasteiger partial charge < -0.3 is 15.4 Å². The Morgan fingerprint density at radius 1 is 1.21 bits per heavy atom. The third-order valence-corrected chi connectivity index (χ3v) is 2.62. The van der Waals surface area contributed by atoms with Gasteiger partial charge in [-0.1, -0.05) is 6.07 Å². The molecular formula is C13H15FN4O. The summed E-state index contributed by atoms with van der Waals surface area (Å²) in [5.41, 5.74) is 1.30. The summed E-state index contributed by atoms with van der Waals surface area (Å²) in [6, 6.07) is 4.82. The highest BCUT2D eigenvalue weighted by Crippen LogP contribution is 2.31. The summed E-state index contributed by atoms with van der Waals surface area (Å²) in [5.74, 6) is 1.03. The first-order valence-electron chi connectivity index (χ1n) is 5.75. The normalized spacial score (nSPS) is 10.1. The Hall–Kier alpha value is -2.37. The zero-order valence-electron chi connectivity index (χ0n) is 11.0. The number of anilines is 3. The molecule has 1 heterocycles. The fourth-order valence-corrected chi connectivity index (χ4v) is 1.70. The van der Waals surface area contributed by atoms with Crippen molar-refractivity contribution in [3.05, 3.63) is 35.9 Å². The number of aryl methyl sites for hydroxylation is 1. The molecule has 0 unspecified atom stereocenters. The fraction of sp³-hybridized carbons (Fsp3) is 0.231. The van der Waals surface area contributed by atoms with Crippen molar-refractivity contribution in [1.29, 1.82) is 0 Å². The first kappa shape index (κ1) is 13.1. The molecular weight excluding hydrogens is 247 g/mol. The topological polar surface area (TPSA) is 59.1 Å². The Morgan fingerprint density at radius 2 is 1.95 bits per heavy atom. The van der Waals surface area contributed by atoms with E-state index in [1.807, 2.05) is 6.92 Å². The standard InChI is InChI=1S/C13H15FN4O/c1-8-4-5-9(14)10(6-8)18-13-11(19-3)12(15-2)16-7-17-13/h4-7H,1-3H3,(H2,15,16,17,18). The molecule has 1 aromatic carbocycles. The second-order valence-electron chi connectivity index (χ2n) is 3.96. The van der Waals surface area contributed by atoms with E-state index in [-0.39, 0.29) is 5.82 Å². The van der Waals surface area contributed by atoms with Gasteiger partial charge in [0.05, 0.1) is 12.8 Å². The van der Waals surface area contributed by atoms with Crippen LogP contribution >= 0.6 is 0 Å². The molecule has 0 fully saturated rings. The zero-order chi connectivity index (χ0) is 13.8. The van der Waals surface area contributed by atoms with Crippen LogP contribution in [0, 0.1) is 12.7 Å². The molecule has 0 radical (unpaired) electrons. The Kier molecular flexibility index (Phi) is 3.79. The van der Waals surface area contributed by atoms with Crippen LogP contribution in [0.1, 0.15) is 5.56 Å². The fourth-order valence-electron chi connectivity index (χ4n) is 1.70. The van der Waals surface area contributed by atoms with Gasteiger partial charge in [0.15, 0.2) is 11.6 Å². The summed E-state index contributed by atoms with van der Waals surface area (Å²) in [5, 5.41) is 5.80. The molecule has 0 aliphatic carbocycles. The minimum Gasteiger partial charge on any atom is -0.490 e. The van der Waals surface area contributed by atoms with E-state index in [1.54, 1.807) is 19.2 Å². The molecule has 1 aromatic heterocycles. The number of nitrogens with one attached hydrogen (secondary N) is 2. The molecule has 0 atom stereocenters. The minimum atomic E-state index is -0.350. The average Bonchev–Trinajstić information content (AvgIpc) is 2.42. The van der Waals surface area contributed by atoms with Gasteiger partial charge in [-0.25, -0.2) is 14.4 Å². The lowest BCUT2D eigenvalue weighted by atomic mass is 10.2. The molecule has 0 spiro atoms. The van der Waals surface area contributed by atoms with Gasteiger partial charge in [0.1, 0.15) is 12.1 Å². The van der Waals surface area contributed by atoms with Gasteiger partial charge in [-0.15, -0.1) is 0 Å². The number of aromatic nitrogens is 2. The summed E-state index contributed by atoms with van der Waals surface area (Å²) in [4.78, 5) is 8.10.